The number of hydrogen-bond acceptors (Lipinski definition) is 4. The van der Waals surface area contributed by atoms with Crippen molar-refractivity contribution in [1.82, 2.24) is 15.8 Å². The van der Waals surface area contributed by atoms with Crippen LogP contribution in [0.4, 0.5) is 0 Å². The summed E-state index contributed by atoms with van der Waals surface area (Å²) >= 11 is 6.02. The number of halogens is 1. The summed E-state index contributed by atoms with van der Waals surface area (Å²) in [5.41, 5.74) is 7.22. The van der Waals surface area contributed by atoms with E-state index in [0.717, 1.165) is 16.9 Å². The lowest BCUT2D eigenvalue weighted by Gasteiger charge is -2.30. The normalized spacial score (nSPS) is 14.1. The van der Waals surface area contributed by atoms with Gasteiger partial charge in [0.25, 0.3) is 5.91 Å². The highest BCUT2D eigenvalue weighted by atomic mass is 35.5. The first kappa shape index (κ1) is 22.6. The molecule has 31 heavy (non-hydrogen) atoms. The van der Waals surface area contributed by atoms with E-state index < -0.39 is 5.91 Å². The molecule has 0 unspecified atom stereocenters. The van der Waals surface area contributed by atoms with E-state index in [-0.39, 0.29) is 17.7 Å². The maximum absolute atomic E-state index is 12.3. The van der Waals surface area contributed by atoms with Gasteiger partial charge in [-0.25, -0.2) is 0 Å². The van der Waals surface area contributed by atoms with Crippen LogP contribution < -0.4 is 15.6 Å². The monoisotopic (exact) mass is 443 g/mol. The number of rotatable bonds is 5. The molecule has 0 spiro atoms. The van der Waals surface area contributed by atoms with Crippen molar-refractivity contribution in [2.45, 2.75) is 33.3 Å². The van der Waals surface area contributed by atoms with E-state index in [9.17, 15) is 14.4 Å². The molecule has 3 amide bonds. The zero-order chi connectivity index (χ0) is 22.4. The second kappa shape index (κ2) is 10.3. The molecule has 7 nitrogen and oxygen atoms in total. The predicted molar refractivity (Wildman–Crippen MR) is 118 cm³/mol. The fourth-order valence-corrected chi connectivity index (χ4v) is 3.49. The first-order chi connectivity index (χ1) is 14.8. The third-order valence-corrected chi connectivity index (χ3v) is 5.79. The molecule has 2 aromatic carbocycles. The Morgan fingerprint density at radius 1 is 1.06 bits per heavy atom. The Hall–Kier alpha value is -3.06. The number of carbonyl (C=O) groups excluding carboxylic acids is 3. The standard InChI is InChI=1S/C23H26ClN3O4/c1-15-13-20(7-8-21(15)24)31-14-17-3-5-18(6-4-17)22(29)25-26-23(30)19-9-11-27(12-10-19)16(2)28/h3-8,13,19H,9-12,14H2,1-2H3,(H,25,29)(H,26,30). The van der Waals surface area contributed by atoms with Gasteiger partial charge in [0, 0.05) is 36.5 Å². The van der Waals surface area contributed by atoms with Crippen LogP contribution in [0, 0.1) is 12.8 Å². The van der Waals surface area contributed by atoms with Gasteiger partial charge in [0.2, 0.25) is 11.8 Å². The van der Waals surface area contributed by atoms with Crippen molar-refractivity contribution in [1.29, 1.82) is 0 Å². The quantitative estimate of drug-likeness (QED) is 0.694. The van der Waals surface area contributed by atoms with E-state index in [1.165, 1.54) is 6.92 Å². The van der Waals surface area contributed by atoms with Crippen molar-refractivity contribution < 1.29 is 19.1 Å². The minimum atomic E-state index is -0.393. The molecule has 8 heteroatoms. The number of nitrogens with one attached hydrogen (secondary N) is 2. The van der Waals surface area contributed by atoms with E-state index in [0.29, 0.717) is 43.1 Å². The summed E-state index contributed by atoms with van der Waals surface area (Å²) in [6, 6.07) is 12.4. The molecule has 1 aliphatic rings. The molecule has 1 aliphatic heterocycles. The van der Waals surface area contributed by atoms with Gasteiger partial charge in [0.05, 0.1) is 0 Å². The Morgan fingerprint density at radius 3 is 2.35 bits per heavy atom. The number of amides is 3. The number of hydrogen-bond donors (Lipinski definition) is 2. The van der Waals surface area contributed by atoms with Gasteiger partial charge in [-0.2, -0.15) is 0 Å². The first-order valence-corrected chi connectivity index (χ1v) is 10.5. The maximum atomic E-state index is 12.3. The van der Waals surface area contributed by atoms with Crippen LogP contribution in [-0.4, -0.2) is 35.7 Å². The first-order valence-electron chi connectivity index (χ1n) is 10.2. The molecule has 1 saturated heterocycles. The van der Waals surface area contributed by atoms with Gasteiger partial charge in [0.1, 0.15) is 12.4 Å². The third kappa shape index (κ3) is 6.21. The molecule has 1 fully saturated rings. The fraction of sp³-hybridized carbons (Fsp3) is 0.348. The second-order valence-electron chi connectivity index (χ2n) is 7.62. The van der Waals surface area contributed by atoms with Crippen molar-refractivity contribution in [2.75, 3.05) is 13.1 Å². The number of piperidine rings is 1. The van der Waals surface area contributed by atoms with Crippen molar-refractivity contribution in [2.24, 2.45) is 5.92 Å². The predicted octanol–water partition coefficient (Wildman–Crippen LogP) is 3.25. The number of nitrogens with zero attached hydrogens (tertiary/aromatic N) is 1. The van der Waals surface area contributed by atoms with Crippen LogP contribution >= 0.6 is 11.6 Å². The number of ether oxygens (including phenoxy) is 1. The number of benzene rings is 2. The summed E-state index contributed by atoms with van der Waals surface area (Å²) in [5.74, 6) is -0.105. The van der Waals surface area contributed by atoms with E-state index in [4.69, 9.17) is 16.3 Å². The van der Waals surface area contributed by atoms with Crippen molar-refractivity contribution in [3.63, 3.8) is 0 Å². The Kier molecular flexibility index (Phi) is 7.52. The minimum absolute atomic E-state index is 0.0179. The van der Waals surface area contributed by atoms with Crippen LogP contribution in [0.25, 0.3) is 0 Å². The largest absolute Gasteiger partial charge is 0.489 e. The van der Waals surface area contributed by atoms with Gasteiger partial charge < -0.3 is 9.64 Å². The maximum Gasteiger partial charge on any atom is 0.269 e. The Labute approximate surface area is 186 Å². The van der Waals surface area contributed by atoms with Gasteiger partial charge in [-0.05, 0) is 61.2 Å². The molecule has 0 radical (unpaired) electrons. The van der Waals surface area contributed by atoms with Crippen LogP contribution in [0.15, 0.2) is 42.5 Å². The molecule has 0 aliphatic carbocycles. The highest BCUT2D eigenvalue weighted by Gasteiger charge is 2.26. The van der Waals surface area contributed by atoms with Crippen LogP contribution in [0.2, 0.25) is 5.02 Å². The fourth-order valence-electron chi connectivity index (χ4n) is 3.38. The third-order valence-electron chi connectivity index (χ3n) is 5.36. The summed E-state index contributed by atoms with van der Waals surface area (Å²) in [5, 5.41) is 0.691. The van der Waals surface area contributed by atoms with Crippen LogP contribution in [0.3, 0.4) is 0 Å². The molecule has 0 aromatic heterocycles. The smallest absolute Gasteiger partial charge is 0.269 e. The average Bonchev–Trinajstić information content (AvgIpc) is 2.78. The van der Waals surface area contributed by atoms with Crippen molar-refractivity contribution in [3.8, 4) is 5.75 Å². The topological polar surface area (TPSA) is 87.7 Å². The van der Waals surface area contributed by atoms with E-state index in [1.807, 2.05) is 19.1 Å². The zero-order valence-electron chi connectivity index (χ0n) is 17.6. The van der Waals surface area contributed by atoms with Gasteiger partial charge >= 0.3 is 0 Å². The average molecular weight is 444 g/mol. The highest BCUT2D eigenvalue weighted by Crippen LogP contribution is 2.22. The molecule has 0 saturated carbocycles. The van der Waals surface area contributed by atoms with Crippen LogP contribution in [-0.2, 0) is 16.2 Å². The molecule has 0 bridgehead atoms. The van der Waals surface area contributed by atoms with E-state index >= 15 is 0 Å². The highest BCUT2D eigenvalue weighted by molar-refractivity contribution is 6.31. The lowest BCUT2D eigenvalue weighted by atomic mass is 9.96. The van der Waals surface area contributed by atoms with Gasteiger partial charge in [-0.15, -0.1) is 0 Å². The number of carbonyl (C=O) groups is 3. The summed E-state index contributed by atoms with van der Waals surface area (Å²) in [4.78, 5) is 37.7. The van der Waals surface area contributed by atoms with Gasteiger partial charge in [-0.1, -0.05) is 23.7 Å². The molecule has 164 valence electrons. The Morgan fingerprint density at radius 2 is 1.74 bits per heavy atom. The SMILES string of the molecule is CC(=O)N1CCC(C(=O)NNC(=O)c2ccc(COc3ccc(Cl)c(C)c3)cc2)CC1. The molecular formula is C23H26ClN3O4. The summed E-state index contributed by atoms with van der Waals surface area (Å²) < 4.78 is 5.76. The van der Waals surface area contributed by atoms with Crippen LogP contribution in [0.5, 0.6) is 5.75 Å². The number of likely N-dealkylation sites (tertiary alicyclic amines) is 1. The van der Waals surface area contributed by atoms with Crippen LogP contribution in [0.1, 0.15) is 41.3 Å². The summed E-state index contributed by atoms with van der Waals surface area (Å²) in [7, 11) is 0. The molecule has 1 heterocycles. The zero-order valence-corrected chi connectivity index (χ0v) is 18.4. The number of aryl methyl sites for hydroxylation is 1. The van der Waals surface area contributed by atoms with E-state index in [2.05, 4.69) is 10.9 Å². The second-order valence-corrected chi connectivity index (χ2v) is 8.03. The number of hydrazine groups is 1. The molecule has 2 aromatic rings. The summed E-state index contributed by atoms with van der Waals surface area (Å²) in [6.07, 6.45) is 1.17. The van der Waals surface area contributed by atoms with Gasteiger partial charge in [-0.3, -0.25) is 25.2 Å². The molecule has 0 atom stereocenters. The Bertz CT molecular complexity index is 954. The van der Waals surface area contributed by atoms with Crippen molar-refractivity contribution >= 4 is 29.3 Å². The molecule has 3 rings (SSSR count). The van der Waals surface area contributed by atoms with Gasteiger partial charge in [0.15, 0.2) is 0 Å². The summed E-state index contributed by atoms with van der Waals surface area (Å²) in [6.45, 7) is 4.91. The molecule has 2 N–H and O–H groups in total. The van der Waals surface area contributed by atoms with E-state index in [1.54, 1.807) is 35.2 Å². The van der Waals surface area contributed by atoms with Crippen molar-refractivity contribution in [3.05, 3.63) is 64.2 Å². The lowest BCUT2D eigenvalue weighted by molar-refractivity contribution is -0.134. The lowest BCUT2D eigenvalue weighted by Crippen LogP contribution is -2.47. The molecular weight excluding hydrogens is 418 g/mol. The minimum Gasteiger partial charge on any atom is -0.489 e. The Balaban J connectivity index is 1.45.